The number of oxime groups is 1. The molecule has 0 aliphatic heterocycles. The summed E-state index contributed by atoms with van der Waals surface area (Å²) in [6, 6.07) is 4.83. The molecule has 0 aromatic heterocycles. The number of rotatable bonds is 4. The normalized spacial score (nSPS) is 13.6. The minimum absolute atomic E-state index is 0.119. The van der Waals surface area contributed by atoms with Gasteiger partial charge in [0.25, 0.3) is 0 Å². The van der Waals surface area contributed by atoms with Crippen molar-refractivity contribution in [3.05, 3.63) is 28.2 Å². The van der Waals surface area contributed by atoms with E-state index in [-0.39, 0.29) is 11.9 Å². The number of anilines is 1. The van der Waals surface area contributed by atoms with Crippen LogP contribution in [0.4, 0.5) is 5.69 Å². The molecule has 0 spiro atoms. The molecule has 16 heavy (non-hydrogen) atoms. The standard InChI is InChI=1S/C10H13Cl2N3O/c1-2-8(10(13)15-16)14-9-4-3-6(11)5-7(9)12/h3-5,8,14,16H,2H2,1H3,(H2,13,15). The van der Waals surface area contributed by atoms with Crippen molar-refractivity contribution in [2.24, 2.45) is 10.9 Å². The number of nitrogens with zero attached hydrogens (tertiary/aromatic N) is 1. The maximum atomic E-state index is 8.60. The average Bonchev–Trinajstić information content (AvgIpc) is 2.27. The Kier molecular flexibility index (Phi) is 4.71. The molecule has 0 heterocycles. The Morgan fingerprint density at radius 1 is 1.56 bits per heavy atom. The second-order valence-corrected chi connectivity index (χ2v) is 4.10. The molecule has 1 aromatic carbocycles. The Morgan fingerprint density at radius 2 is 2.25 bits per heavy atom. The first-order valence-corrected chi connectivity index (χ1v) is 5.53. The first-order valence-electron chi connectivity index (χ1n) is 4.77. The summed E-state index contributed by atoms with van der Waals surface area (Å²) < 4.78 is 0. The smallest absolute Gasteiger partial charge is 0.161 e. The quantitative estimate of drug-likeness (QED) is 0.338. The lowest BCUT2D eigenvalue weighted by Crippen LogP contribution is -2.35. The second kappa shape index (κ2) is 5.82. The molecule has 0 fully saturated rings. The van der Waals surface area contributed by atoms with E-state index in [1.54, 1.807) is 18.2 Å². The molecule has 1 unspecified atom stereocenters. The van der Waals surface area contributed by atoms with Gasteiger partial charge in [0, 0.05) is 5.02 Å². The molecule has 4 nitrogen and oxygen atoms in total. The summed E-state index contributed by atoms with van der Waals surface area (Å²) in [5, 5.41) is 15.7. The van der Waals surface area contributed by atoms with E-state index in [1.165, 1.54) is 0 Å². The lowest BCUT2D eigenvalue weighted by molar-refractivity contribution is 0.316. The molecular formula is C10H13Cl2N3O. The van der Waals surface area contributed by atoms with E-state index in [2.05, 4.69) is 10.5 Å². The molecule has 0 saturated carbocycles. The van der Waals surface area contributed by atoms with Crippen molar-refractivity contribution in [3.63, 3.8) is 0 Å². The first kappa shape index (κ1) is 12.9. The summed E-state index contributed by atoms with van der Waals surface area (Å²) in [5.41, 5.74) is 6.22. The van der Waals surface area contributed by atoms with Crippen molar-refractivity contribution in [3.8, 4) is 0 Å². The van der Waals surface area contributed by atoms with Gasteiger partial charge in [0.1, 0.15) is 0 Å². The van der Waals surface area contributed by atoms with Crippen LogP contribution in [-0.4, -0.2) is 17.1 Å². The largest absolute Gasteiger partial charge is 0.409 e. The molecule has 0 aliphatic rings. The predicted octanol–water partition coefficient (Wildman–Crippen LogP) is 2.93. The van der Waals surface area contributed by atoms with Crippen LogP contribution in [0.1, 0.15) is 13.3 Å². The molecule has 1 aromatic rings. The Bertz CT molecular complexity index is 396. The third kappa shape index (κ3) is 3.18. The Hall–Kier alpha value is -1.13. The van der Waals surface area contributed by atoms with E-state index >= 15 is 0 Å². The van der Waals surface area contributed by atoms with E-state index in [1.807, 2.05) is 6.92 Å². The number of hydrogen-bond acceptors (Lipinski definition) is 3. The minimum atomic E-state index is -0.260. The van der Waals surface area contributed by atoms with Crippen molar-refractivity contribution in [2.75, 3.05) is 5.32 Å². The molecule has 0 radical (unpaired) electrons. The highest BCUT2D eigenvalue weighted by molar-refractivity contribution is 6.36. The number of halogens is 2. The van der Waals surface area contributed by atoms with E-state index in [0.29, 0.717) is 22.2 Å². The molecule has 0 bridgehead atoms. The number of hydrogen-bond donors (Lipinski definition) is 3. The fourth-order valence-corrected chi connectivity index (χ4v) is 1.71. The van der Waals surface area contributed by atoms with Gasteiger partial charge in [0.2, 0.25) is 0 Å². The van der Waals surface area contributed by atoms with Crippen molar-refractivity contribution in [1.82, 2.24) is 0 Å². The van der Waals surface area contributed by atoms with Crippen LogP contribution in [0.2, 0.25) is 10.0 Å². The summed E-state index contributed by atoms with van der Waals surface area (Å²) in [7, 11) is 0. The Morgan fingerprint density at radius 3 is 2.75 bits per heavy atom. The summed E-state index contributed by atoms with van der Waals surface area (Å²) in [4.78, 5) is 0. The van der Waals surface area contributed by atoms with Crippen LogP contribution < -0.4 is 11.1 Å². The molecule has 0 amide bonds. The van der Waals surface area contributed by atoms with E-state index in [0.717, 1.165) is 0 Å². The SMILES string of the molecule is CCC(Nc1ccc(Cl)cc1Cl)C(N)=NO. The number of nitrogens with one attached hydrogen (secondary N) is 1. The molecule has 1 rings (SSSR count). The fraction of sp³-hybridized carbons (Fsp3) is 0.300. The van der Waals surface area contributed by atoms with Gasteiger partial charge >= 0.3 is 0 Å². The Labute approximate surface area is 104 Å². The van der Waals surface area contributed by atoms with Crippen LogP contribution in [0.3, 0.4) is 0 Å². The highest BCUT2D eigenvalue weighted by Crippen LogP contribution is 2.26. The molecule has 0 saturated heterocycles. The van der Waals surface area contributed by atoms with Crippen molar-refractivity contribution in [1.29, 1.82) is 0 Å². The fourth-order valence-electron chi connectivity index (χ4n) is 1.25. The van der Waals surface area contributed by atoms with Gasteiger partial charge in [-0.3, -0.25) is 0 Å². The van der Waals surface area contributed by atoms with E-state index in [9.17, 15) is 0 Å². The topological polar surface area (TPSA) is 70.6 Å². The van der Waals surface area contributed by atoms with Crippen molar-refractivity contribution in [2.45, 2.75) is 19.4 Å². The third-order valence-corrected chi connectivity index (χ3v) is 2.69. The zero-order chi connectivity index (χ0) is 12.1. The third-order valence-electron chi connectivity index (χ3n) is 2.14. The highest BCUT2D eigenvalue weighted by atomic mass is 35.5. The first-order chi connectivity index (χ1) is 7.58. The van der Waals surface area contributed by atoms with Gasteiger partial charge in [-0.05, 0) is 24.6 Å². The summed E-state index contributed by atoms with van der Waals surface area (Å²) >= 11 is 11.8. The van der Waals surface area contributed by atoms with Gasteiger partial charge < -0.3 is 16.3 Å². The van der Waals surface area contributed by atoms with Crippen LogP contribution in [0, 0.1) is 0 Å². The number of amidine groups is 1. The lowest BCUT2D eigenvalue weighted by atomic mass is 10.2. The molecule has 0 aliphatic carbocycles. The van der Waals surface area contributed by atoms with Crippen LogP contribution in [0.15, 0.2) is 23.4 Å². The van der Waals surface area contributed by atoms with Gasteiger partial charge in [0.15, 0.2) is 5.84 Å². The predicted molar refractivity (Wildman–Crippen MR) is 67.6 cm³/mol. The van der Waals surface area contributed by atoms with Gasteiger partial charge in [-0.15, -0.1) is 0 Å². The highest BCUT2D eigenvalue weighted by Gasteiger charge is 2.12. The molecular weight excluding hydrogens is 249 g/mol. The second-order valence-electron chi connectivity index (χ2n) is 3.25. The van der Waals surface area contributed by atoms with Gasteiger partial charge in [-0.1, -0.05) is 35.3 Å². The lowest BCUT2D eigenvalue weighted by Gasteiger charge is -2.17. The molecule has 4 N–H and O–H groups in total. The summed E-state index contributed by atoms with van der Waals surface area (Å²) in [5.74, 6) is 0.119. The van der Waals surface area contributed by atoms with Crippen LogP contribution >= 0.6 is 23.2 Å². The van der Waals surface area contributed by atoms with Gasteiger partial charge in [-0.2, -0.15) is 0 Å². The monoisotopic (exact) mass is 261 g/mol. The van der Waals surface area contributed by atoms with Crippen molar-refractivity contribution < 1.29 is 5.21 Å². The van der Waals surface area contributed by atoms with Gasteiger partial charge in [-0.25, -0.2) is 0 Å². The van der Waals surface area contributed by atoms with Crippen LogP contribution in [0.5, 0.6) is 0 Å². The number of nitrogens with two attached hydrogens (primary N) is 1. The summed E-state index contributed by atoms with van der Waals surface area (Å²) in [6.45, 7) is 1.92. The molecule has 1 atom stereocenters. The molecule has 6 heteroatoms. The Balaban J connectivity index is 2.86. The number of benzene rings is 1. The average molecular weight is 262 g/mol. The maximum Gasteiger partial charge on any atom is 0.161 e. The van der Waals surface area contributed by atoms with Crippen LogP contribution in [0.25, 0.3) is 0 Å². The van der Waals surface area contributed by atoms with Crippen molar-refractivity contribution >= 4 is 34.7 Å². The van der Waals surface area contributed by atoms with E-state index < -0.39 is 0 Å². The zero-order valence-corrected chi connectivity index (χ0v) is 10.3. The summed E-state index contributed by atoms with van der Waals surface area (Å²) in [6.07, 6.45) is 0.675. The maximum absolute atomic E-state index is 8.60. The minimum Gasteiger partial charge on any atom is -0.409 e. The van der Waals surface area contributed by atoms with Gasteiger partial charge in [0.05, 0.1) is 16.8 Å². The van der Waals surface area contributed by atoms with Crippen LogP contribution in [-0.2, 0) is 0 Å². The zero-order valence-electron chi connectivity index (χ0n) is 8.74. The molecule has 88 valence electrons. The van der Waals surface area contributed by atoms with E-state index in [4.69, 9.17) is 34.1 Å².